The highest BCUT2D eigenvalue weighted by molar-refractivity contribution is 6.40. The van der Waals surface area contributed by atoms with Crippen LogP contribution in [0.4, 0.5) is 5.69 Å². The van der Waals surface area contributed by atoms with E-state index in [-0.39, 0.29) is 12.2 Å². The Bertz CT molecular complexity index is 793. The molecule has 2 rings (SSSR count). The lowest BCUT2D eigenvalue weighted by molar-refractivity contribution is -0.136. The van der Waals surface area contributed by atoms with Crippen LogP contribution in [0.2, 0.25) is 5.02 Å². The van der Waals surface area contributed by atoms with Crippen molar-refractivity contribution in [1.29, 1.82) is 0 Å². The monoisotopic (exact) mass is 378 g/mol. The third kappa shape index (κ3) is 4.80. The minimum Gasteiger partial charge on any atom is -0.497 e. The van der Waals surface area contributed by atoms with E-state index in [1.165, 1.54) is 26.4 Å². The number of methoxy groups -OCH3 is 3. The second-order valence-electron chi connectivity index (χ2n) is 5.17. The van der Waals surface area contributed by atoms with Crippen LogP contribution in [0.5, 0.6) is 17.2 Å². The van der Waals surface area contributed by atoms with E-state index in [0.717, 1.165) is 5.56 Å². The van der Waals surface area contributed by atoms with Crippen LogP contribution in [0, 0.1) is 0 Å². The molecular weight excluding hydrogens is 360 g/mol. The second kappa shape index (κ2) is 8.96. The Morgan fingerprint density at radius 2 is 1.58 bits per heavy atom. The Morgan fingerprint density at radius 1 is 0.923 bits per heavy atom. The molecule has 0 aliphatic heterocycles. The highest BCUT2D eigenvalue weighted by atomic mass is 35.5. The van der Waals surface area contributed by atoms with Crippen molar-refractivity contribution in [3.63, 3.8) is 0 Å². The van der Waals surface area contributed by atoms with E-state index in [1.54, 1.807) is 31.4 Å². The van der Waals surface area contributed by atoms with Gasteiger partial charge in [0.1, 0.15) is 17.2 Å². The largest absolute Gasteiger partial charge is 0.497 e. The molecule has 2 aromatic rings. The van der Waals surface area contributed by atoms with Gasteiger partial charge in [-0.1, -0.05) is 23.7 Å². The lowest BCUT2D eigenvalue weighted by Crippen LogP contribution is -2.35. The number of carbonyl (C=O) groups is 2. The van der Waals surface area contributed by atoms with Crippen LogP contribution in [0.1, 0.15) is 5.56 Å². The molecule has 2 amide bonds. The fourth-order valence-corrected chi connectivity index (χ4v) is 2.37. The van der Waals surface area contributed by atoms with E-state index in [9.17, 15) is 9.59 Å². The van der Waals surface area contributed by atoms with Crippen LogP contribution in [0.3, 0.4) is 0 Å². The molecule has 7 nitrogen and oxygen atoms in total. The molecule has 0 spiro atoms. The number of rotatable bonds is 6. The smallest absolute Gasteiger partial charge is 0.313 e. The van der Waals surface area contributed by atoms with Gasteiger partial charge >= 0.3 is 11.8 Å². The zero-order valence-electron chi connectivity index (χ0n) is 14.6. The first-order valence-corrected chi connectivity index (χ1v) is 8.00. The Hall–Kier alpha value is -2.93. The highest BCUT2D eigenvalue weighted by Gasteiger charge is 2.17. The Balaban J connectivity index is 2.01. The van der Waals surface area contributed by atoms with E-state index < -0.39 is 11.8 Å². The maximum Gasteiger partial charge on any atom is 0.313 e. The molecule has 0 atom stereocenters. The van der Waals surface area contributed by atoms with Crippen molar-refractivity contribution in [2.75, 3.05) is 26.6 Å². The van der Waals surface area contributed by atoms with Crippen LogP contribution in [0.15, 0.2) is 36.4 Å². The molecule has 138 valence electrons. The van der Waals surface area contributed by atoms with Crippen molar-refractivity contribution in [3.8, 4) is 17.2 Å². The van der Waals surface area contributed by atoms with Crippen molar-refractivity contribution in [3.05, 3.63) is 47.0 Å². The standard InChI is InChI=1S/C18H19ClN2O5/c1-24-12-6-4-11(5-7-12)10-20-17(22)18(23)21-14-9-15(25-2)13(19)8-16(14)26-3/h4-9H,10H2,1-3H3,(H,20,22)(H,21,23). The first kappa shape index (κ1) is 19.4. The van der Waals surface area contributed by atoms with E-state index in [0.29, 0.717) is 22.3 Å². The fourth-order valence-electron chi connectivity index (χ4n) is 2.14. The van der Waals surface area contributed by atoms with Crippen molar-refractivity contribution in [2.45, 2.75) is 6.54 Å². The summed E-state index contributed by atoms with van der Waals surface area (Å²) in [4.78, 5) is 24.1. The van der Waals surface area contributed by atoms with E-state index >= 15 is 0 Å². The predicted octanol–water partition coefficient (Wildman–Crippen LogP) is 2.62. The van der Waals surface area contributed by atoms with E-state index in [1.807, 2.05) is 0 Å². The molecule has 0 radical (unpaired) electrons. The van der Waals surface area contributed by atoms with Crippen molar-refractivity contribution in [1.82, 2.24) is 5.32 Å². The number of amides is 2. The Morgan fingerprint density at radius 3 is 2.15 bits per heavy atom. The summed E-state index contributed by atoms with van der Waals surface area (Å²) in [5, 5.41) is 5.35. The van der Waals surface area contributed by atoms with Gasteiger partial charge in [0.05, 0.1) is 32.0 Å². The predicted molar refractivity (Wildman–Crippen MR) is 98.0 cm³/mol. The molecule has 0 aromatic heterocycles. The van der Waals surface area contributed by atoms with Gasteiger partial charge in [-0.2, -0.15) is 0 Å². The minimum absolute atomic E-state index is 0.206. The lowest BCUT2D eigenvalue weighted by atomic mass is 10.2. The van der Waals surface area contributed by atoms with Gasteiger partial charge < -0.3 is 24.8 Å². The maximum atomic E-state index is 12.1. The van der Waals surface area contributed by atoms with Gasteiger partial charge in [-0.15, -0.1) is 0 Å². The minimum atomic E-state index is -0.832. The number of benzene rings is 2. The average Bonchev–Trinajstić information content (AvgIpc) is 2.67. The zero-order valence-corrected chi connectivity index (χ0v) is 15.3. The summed E-state index contributed by atoms with van der Waals surface area (Å²) in [6.07, 6.45) is 0. The Kier molecular flexibility index (Phi) is 6.68. The molecular formula is C18H19ClN2O5. The summed E-state index contributed by atoms with van der Waals surface area (Å²) < 4.78 is 15.3. The number of anilines is 1. The summed E-state index contributed by atoms with van der Waals surface area (Å²) in [7, 11) is 4.44. The molecule has 0 heterocycles. The van der Waals surface area contributed by atoms with Crippen molar-refractivity contribution < 1.29 is 23.8 Å². The number of nitrogens with one attached hydrogen (secondary N) is 2. The lowest BCUT2D eigenvalue weighted by Gasteiger charge is -2.13. The Labute approximate surface area is 156 Å². The molecule has 0 bridgehead atoms. The summed E-state index contributed by atoms with van der Waals surface area (Å²) in [5.41, 5.74) is 1.11. The van der Waals surface area contributed by atoms with Crippen LogP contribution < -0.4 is 24.8 Å². The average molecular weight is 379 g/mol. The van der Waals surface area contributed by atoms with Gasteiger partial charge in [-0.25, -0.2) is 0 Å². The van der Waals surface area contributed by atoms with Gasteiger partial charge in [0.25, 0.3) is 0 Å². The van der Waals surface area contributed by atoms with Crippen molar-refractivity contribution in [2.24, 2.45) is 0 Å². The number of hydrogen-bond acceptors (Lipinski definition) is 5. The molecule has 0 aliphatic carbocycles. The summed E-state index contributed by atoms with van der Waals surface area (Å²) >= 11 is 6.01. The van der Waals surface area contributed by atoms with Crippen LogP contribution in [-0.2, 0) is 16.1 Å². The third-order valence-electron chi connectivity index (χ3n) is 3.54. The van der Waals surface area contributed by atoms with E-state index in [2.05, 4.69) is 10.6 Å². The SMILES string of the molecule is COc1ccc(CNC(=O)C(=O)Nc2cc(OC)c(Cl)cc2OC)cc1. The molecule has 2 aromatic carbocycles. The highest BCUT2D eigenvalue weighted by Crippen LogP contribution is 2.35. The van der Waals surface area contributed by atoms with Crippen LogP contribution in [-0.4, -0.2) is 33.1 Å². The summed E-state index contributed by atoms with van der Waals surface area (Å²) in [6, 6.07) is 10.1. The van der Waals surface area contributed by atoms with Crippen LogP contribution in [0.25, 0.3) is 0 Å². The molecule has 0 saturated carbocycles. The number of ether oxygens (including phenoxy) is 3. The normalized spacial score (nSPS) is 10.0. The molecule has 8 heteroatoms. The first-order valence-electron chi connectivity index (χ1n) is 7.62. The summed E-state index contributed by atoms with van der Waals surface area (Å²) in [5.74, 6) is -0.243. The quantitative estimate of drug-likeness (QED) is 0.755. The molecule has 0 fully saturated rings. The van der Waals surface area contributed by atoms with Gasteiger partial charge in [0, 0.05) is 18.7 Å². The maximum absolute atomic E-state index is 12.1. The molecule has 26 heavy (non-hydrogen) atoms. The van der Waals surface area contributed by atoms with Crippen molar-refractivity contribution >= 4 is 29.1 Å². The molecule has 0 saturated heterocycles. The molecule has 2 N–H and O–H groups in total. The van der Waals surface area contributed by atoms with Crippen LogP contribution >= 0.6 is 11.6 Å². The number of halogens is 1. The number of hydrogen-bond donors (Lipinski definition) is 2. The fraction of sp³-hybridized carbons (Fsp3) is 0.222. The first-order chi connectivity index (χ1) is 12.5. The van der Waals surface area contributed by atoms with Gasteiger partial charge in [0.15, 0.2) is 0 Å². The molecule has 0 unspecified atom stereocenters. The van der Waals surface area contributed by atoms with E-state index in [4.69, 9.17) is 25.8 Å². The second-order valence-corrected chi connectivity index (χ2v) is 5.58. The topological polar surface area (TPSA) is 85.9 Å². The van der Waals surface area contributed by atoms with Gasteiger partial charge in [-0.3, -0.25) is 9.59 Å². The number of carbonyl (C=O) groups excluding carboxylic acids is 2. The third-order valence-corrected chi connectivity index (χ3v) is 3.84. The zero-order chi connectivity index (χ0) is 19.1. The summed E-state index contributed by atoms with van der Waals surface area (Å²) in [6.45, 7) is 0.206. The van der Waals surface area contributed by atoms with Gasteiger partial charge in [-0.05, 0) is 17.7 Å². The van der Waals surface area contributed by atoms with Gasteiger partial charge in [0.2, 0.25) is 0 Å². The molecule has 0 aliphatic rings.